The summed E-state index contributed by atoms with van der Waals surface area (Å²) in [5.74, 6) is -2.15. The normalized spacial score (nSPS) is 14.1. The van der Waals surface area contributed by atoms with E-state index in [1.807, 2.05) is 48.5 Å². The maximum atomic E-state index is 14.0. The number of benzene rings is 5. The fourth-order valence-electron chi connectivity index (χ4n) is 5.54. The number of hydrogen-bond donors (Lipinski definition) is 2. The highest BCUT2D eigenvalue weighted by Gasteiger charge is 2.36. The molecule has 8 nitrogen and oxygen atoms in total. The molecule has 0 aliphatic carbocycles. The highest BCUT2D eigenvalue weighted by molar-refractivity contribution is 8.15. The van der Waals surface area contributed by atoms with Gasteiger partial charge in [0.15, 0.2) is 5.17 Å². The van der Waals surface area contributed by atoms with Gasteiger partial charge in [0.05, 0.1) is 22.5 Å². The van der Waals surface area contributed by atoms with Crippen LogP contribution in [-0.2, 0) is 9.59 Å². The Balaban J connectivity index is 1.19. The predicted molar refractivity (Wildman–Crippen MR) is 195 cm³/mol. The van der Waals surface area contributed by atoms with E-state index in [2.05, 4.69) is 15.3 Å². The molecule has 0 fully saturated rings. The summed E-state index contributed by atoms with van der Waals surface area (Å²) in [4.78, 5) is 50.6. The molecule has 244 valence electrons. The zero-order chi connectivity index (χ0) is 34.6. The first-order chi connectivity index (χ1) is 24.3. The monoisotopic (exact) mass is 678 g/mol. The number of nitrogens with one attached hydrogen (secondary N) is 1. The van der Waals surface area contributed by atoms with Crippen molar-refractivity contribution in [3.8, 4) is 11.3 Å². The number of nitrogens with zero attached hydrogens (tertiary/aromatic N) is 3. The number of aliphatic imine (C=N–C) groups is 1. The second-order valence-electron chi connectivity index (χ2n) is 11.3. The van der Waals surface area contributed by atoms with Crippen LogP contribution in [0.5, 0.6) is 0 Å². The van der Waals surface area contributed by atoms with Crippen molar-refractivity contribution in [1.29, 1.82) is 0 Å². The summed E-state index contributed by atoms with van der Waals surface area (Å²) < 4.78 is 13.6. The summed E-state index contributed by atoms with van der Waals surface area (Å²) in [6.07, 6.45) is 1.59. The number of pyridine rings is 1. The average Bonchev–Trinajstić information content (AvgIpc) is 3.45. The molecule has 1 aliphatic rings. The van der Waals surface area contributed by atoms with Gasteiger partial charge in [0.1, 0.15) is 16.8 Å². The molecule has 1 unspecified atom stereocenters. The Hall–Kier alpha value is -6.39. The summed E-state index contributed by atoms with van der Waals surface area (Å²) in [7, 11) is 0. The number of carbonyl (C=O) groups excluding carboxylic acids is 2. The Labute approximate surface area is 290 Å². The molecule has 2 amide bonds. The third-order valence-corrected chi connectivity index (χ3v) is 9.18. The molecular formula is C40H27FN4O4S. The first kappa shape index (κ1) is 32.2. The van der Waals surface area contributed by atoms with Crippen LogP contribution in [0, 0.1) is 5.82 Å². The van der Waals surface area contributed by atoms with Crippen molar-refractivity contribution in [3.05, 3.63) is 168 Å². The molecule has 0 spiro atoms. The fraction of sp³-hybridized carbons (Fsp3) is 0.0250. The number of rotatable bonds is 8. The van der Waals surface area contributed by atoms with Gasteiger partial charge < -0.3 is 10.4 Å². The van der Waals surface area contributed by atoms with Crippen LogP contribution < -0.4 is 10.2 Å². The van der Waals surface area contributed by atoms with Crippen molar-refractivity contribution < 1.29 is 23.9 Å². The number of carboxylic acids is 1. The average molecular weight is 679 g/mol. The van der Waals surface area contributed by atoms with E-state index in [4.69, 9.17) is 0 Å². The van der Waals surface area contributed by atoms with Crippen LogP contribution in [0.1, 0.15) is 26.7 Å². The van der Waals surface area contributed by atoms with Crippen LogP contribution in [0.25, 0.3) is 28.2 Å². The molecule has 1 atom stereocenters. The van der Waals surface area contributed by atoms with Gasteiger partial charge in [0, 0.05) is 16.6 Å². The predicted octanol–water partition coefficient (Wildman–Crippen LogP) is 8.60. The lowest BCUT2D eigenvalue weighted by atomic mass is 10.0. The topological polar surface area (TPSA) is 112 Å². The number of anilines is 2. The van der Waals surface area contributed by atoms with E-state index in [-0.39, 0.29) is 28.9 Å². The summed E-state index contributed by atoms with van der Waals surface area (Å²) in [5.41, 5.74) is 4.45. The molecule has 0 saturated heterocycles. The number of aromatic carboxylic acids is 1. The van der Waals surface area contributed by atoms with Crippen LogP contribution in [0.3, 0.4) is 0 Å². The maximum Gasteiger partial charge on any atom is 0.336 e. The number of amides is 2. The van der Waals surface area contributed by atoms with E-state index in [1.54, 1.807) is 84.9 Å². The standard InChI is InChI=1S/C40H27FN4O4S/c41-28-19-15-25(16-20-28)23-35-38(47)45(30-11-5-2-6-12-30)40(44-35)50-36(27-9-3-1-4-10-27)37(46)42-29-21-17-26(18-22-29)34-24-32(39(48)49)31-13-7-8-14-33(31)43-34/h1-24,36H,(H,42,46)(H,48,49)/b35-23-. The quantitative estimate of drug-likeness (QED) is 0.156. The SMILES string of the molecule is O=C(O)c1cc(-c2ccc(NC(=O)C(SC3=N/C(=C\c4ccc(F)cc4)C(=O)N3c3ccccc3)c3ccccc3)cc2)nc2ccccc12. The summed E-state index contributed by atoms with van der Waals surface area (Å²) in [6.45, 7) is 0. The van der Waals surface area contributed by atoms with Crippen molar-refractivity contribution >= 4 is 63.1 Å². The smallest absolute Gasteiger partial charge is 0.336 e. The van der Waals surface area contributed by atoms with Crippen molar-refractivity contribution in [2.45, 2.75) is 5.25 Å². The highest BCUT2D eigenvalue weighted by Crippen LogP contribution is 2.38. The summed E-state index contributed by atoms with van der Waals surface area (Å²) in [5, 5.41) is 12.9. The van der Waals surface area contributed by atoms with Gasteiger partial charge in [-0.3, -0.25) is 14.5 Å². The molecule has 1 aliphatic heterocycles. The molecule has 10 heteroatoms. The number of hydrogen-bond acceptors (Lipinski definition) is 6. The molecule has 2 N–H and O–H groups in total. The molecule has 2 heterocycles. The maximum absolute atomic E-state index is 14.0. The van der Waals surface area contributed by atoms with Gasteiger partial charge in [0.2, 0.25) is 5.91 Å². The minimum absolute atomic E-state index is 0.152. The van der Waals surface area contributed by atoms with E-state index in [9.17, 15) is 23.9 Å². The molecule has 50 heavy (non-hydrogen) atoms. The van der Waals surface area contributed by atoms with Crippen LogP contribution in [-0.4, -0.2) is 33.0 Å². The van der Waals surface area contributed by atoms with Gasteiger partial charge in [-0.2, -0.15) is 0 Å². The number of thioether (sulfide) groups is 1. The zero-order valence-corrected chi connectivity index (χ0v) is 27.1. The molecule has 0 bridgehead atoms. The lowest BCUT2D eigenvalue weighted by molar-refractivity contribution is -0.116. The van der Waals surface area contributed by atoms with E-state index < -0.39 is 11.2 Å². The molecule has 0 radical (unpaired) electrons. The van der Waals surface area contributed by atoms with Crippen molar-refractivity contribution in [2.75, 3.05) is 10.2 Å². The molecule has 1 aromatic heterocycles. The van der Waals surface area contributed by atoms with Crippen LogP contribution in [0.4, 0.5) is 15.8 Å². The van der Waals surface area contributed by atoms with Gasteiger partial charge in [-0.25, -0.2) is 19.2 Å². The fourth-order valence-corrected chi connectivity index (χ4v) is 6.65. The Morgan fingerprint density at radius 1 is 0.820 bits per heavy atom. The first-order valence-corrected chi connectivity index (χ1v) is 16.4. The van der Waals surface area contributed by atoms with Crippen LogP contribution in [0.15, 0.2) is 150 Å². The number of carboxylic acid groups (broad SMARTS) is 1. The third-order valence-electron chi connectivity index (χ3n) is 7.98. The second kappa shape index (κ2) is 14.0. The van der Waals surface area contributed by atoms with Crippen LogP contribution in [0.2, 0.25) is 0 Å². The minimum atomic E-state index is -1.05. The largest absolute Gasteiger partial charge is 0.478 e. The second-order valence-corrected chi connectivity index (χ2v) is 12.4. The van der Waals surface area contributed by atoms with Gasteiger partial charge >= 0.3 is 5.97 Å². The lowest BCUT2D eigenvalue weighted by Gasteiger charge is -2.22. The number of amidine groups is 1. The number of halogens is 1. The van der Waals surface area contributed by atoms with Gasteiger partial charge in [-0.1, -0.05) is 103 Å². The summed E-state index contributed by atoms with van der Waals surface area (Å²) in [6, 6.07) is 39.6. The van der Waals surface area contributed by atoms with Crippen molar-refractivity contribution in [1.82, 2.24) is 4.98 Å². The van der Waals surface area contributed by atoms with Crippen molar-refractivity contribution in [2.24, 2.45) is 4.99 Å². The van der Waals surface area contributed by atoms with E-state index >= 15 is 0 Å². The first-order valence-electron chi connectivity index (χ1n) is 15.6. The molecule has 7 rings (SSSR count). The Bertz CT molecular complexity index is 2300. The Morgan fingerprint density at radius 2 is 1.48 bits per heavy atom. The lowest BCUT2D eigenvalue weighted by Crippen LogP contribution is -2.32. The van der Waals surface area contributed by atoms with Crippen LogP contribution >= 0.6 is 11.8 Å². The minimum Gasteiger partial charge on any atom is -0.478 e. The zero-order valence-electron chi connectivity index (χ0n) is 26.2. The van der Waals surface area contributed by atoms with Gasteiger partial charge in [-0.15, -0.1) is 0 Å². The number of aromatic nitrogens is 1. The highest BCUT2D eigenvalue weighted by atomic mass is 32.2. The molecule has 5 aromatic carbocycles. The Morgan fingerprint density at radius 3 is 2.18 bits per heavy atom. The number of fused-ring (bicyclic) bond motifs is 1. The number of carbonyl (C=O) groups is 3. The summed E-state index contributed by atoms with van der Waals surface area (Å²) >= 11 is 1.14. The van der Waals surface area contributed by atoms with E-state index in [0.717, 1.165) is 11.8 Å². The molecule has 6 aromatic rings. The van der Waals surface area contributed by atoms with Crippen molar-refractivity contribution in [3.63, 3.8) is 0 Å². The van der Waals surface area contributed by atoms with Gasteiger partial charge in [0.25, 0.3) is 5.91 Å². The van der Waals surface area contributed by atoms with E-state index in [0.29, 0.717) is 49.8 Å². The third kappa shape index (κ3) is 6.78. The molecule has 0 saturated carbocycles. The molecular weight excluding hydrogens is 652 g/mol. The van der Waals surface area contributed by atoms with E-state index in [1.165, 1.54) is 17.0 Å². The Kier molecular flexibility index (Phi) is 9.00. The number of para-hydroxylation sites is 2. The van der Waals surface area contributed by atoms with Gasteiger partial charge in [-0.05, 0) is 65.7 Å².